The van der Waals surface area contributed by atoms with Crippen molar-refractivity contribution < 1.29 is 0 Å². The summed E-state index contributed by atoms with van der Waals surface area (Å²) in [5, 5.41) is 0. The molecule has 0 fully saturated rings. The first-order chi connectivity index (χ1) is 7.16. The Kier molecular flexibility index (Phi) is 9.55. The summed E-state index contributed by atoms with van der Waals surface area (Å²) in [5.41, 5.74) is 2.62. The highest BCUT2D eigenvalue weighted by atomic mass is 14.7. The summed E-state index contributed by atoms with van der Waals surface area (Å²) >= 11 is 0. The van der Waals surface area contributed by atoms with Gasteiger partial charge in [-0.15, -0.1) is 0 Å². The average molecular weight is 209 g/mol. The van der Waals surface area contributed by atoms with E-state index in [1.54, 1.807) is 0 Å². The number of aliphatic imine (C=N–C) groups is 1. The molecule has 0 aliphatic heterocycles. The van der Waals surface area contributed by atoms with Crippen LogP contribution in [0.15, 0.2) is 17.1 Å². The first-order valence-corrected chi connectivity index (χ1v) is 6.31. The highest BCUT2D eigenvalue weighted by Crippen LogP contribution is 2.13. The summed E-state index contributed by atoms with van der Waals surface area (Å²) < 4.78 is 0. The summed E-state index contributed by atoms with van der Waals surface area (Å²) in [6, 6.07) is 0. The Hall–Kier alpha value is -0.590. The zero-order valence-electron chi connectivity index (χ0n) is 10.8. The lowest BCUT2D eigenvalue weighted by molar-refractivity contribution is 0.670. The van der Waals surface area contributed by atoms with Crippen LogP contribution in [0.2, 0.25) is 0 Å². The van der Waals surface area contributed by atoms with Crippen LogP contribution < -0.4 is 0 Å². The molecule has 0 aromatic heterocycles. The number of hydrogen-bond acceptors (Lipinski definition) is 1. The van der Waals surface area contributed by atoms with Gasteiger partial charge in [0.05, 0.1) is 0 Å². The molecule has 0 aromatic carbocycles. The maximum absolute atomic E-state index is 4.38. The number of nitrogens with zero attached hydrogens (tertiary/aromatic N) is 1. The average Bonchev–Trinajstić information content (AvgIpc) is 2.17. The highest BCUT2D eigenvalue weighted by Gasteiger charge is 1.95. The van der Waals surface area contributed by atoms with E-state index in [4.69, 9.17) is 0 Å². The van der Waals surface area contributed by atoms with Crippen molar-refractivity contribution in [3.63, 3.8) is 0 Å². The smallest absolute Gasteiger partial charge is 0.0388 e. The van der Waals surface area contributed by atoms with E-state index in [9.17, 15) is 0 Å². The first kappa shape index (κ1) is 14.4. The molecule has 0 aromatic rings. The molecule has 0 heterocycles. The van der Waals surface area contributed by atoms with Gasteiger partial charge >= 0.3 is 0 Å². The van der Waals surface area contributed by atoms with Crippen molar-refractivity contribution in [2.45, 2.75) is 65.7 Å². The second kappa shape index (κ2) is 9.95. The quantitative estimate of drug-likeness (QED) is 0.294. The van der Waals surface area contributed by atoms with Gasteiger partial charge in [-0.2, -0.15) is 0 Å². The predicted octanol–water partition coefficient (Wildman–Crippen LogP) is 4.77. The van der Waals surface area contributed by atoms with Crippen LogP contribution in [0.1, 0.15) is 65.7 Å². The summed E-state index contributed by atoms with van der Waals surface area (Å²) in [7, 11) is 0. The molecule has 0 unspecified atom stereocenters. The van der Waals surface area contributed by atoms with Crippen LogP contribution in [0.4, 0.5) is 0 Å². The molecule has 1 nitrogen and oxygen atoms in total. The van der Waals surface area contributed by atoms with Crippen LogP contribution in [-0.4, -0.2) is 12.3 Å². The molecule has 0 aliphatic carbocycles. The van der Waals surface area contributed by atoms with Crippen LogP contribution in [0.5, 0.6) is 0 Å². The Morgan fingerprint density at radius 1 is 1.00 bits per heavy atom. The van der Waals surface area contributed by atoms with E-state index in [1.165, 1.54) is 56.2 Å². The largest absolute Gasteiger partial charge is 0.295 e. The zero-order chi connectivity index (χ0) is 11.5. The van der Waals surface area contributed by atoms with Crippen LogP contribution in [0.25, 0.3) is 0 Å². The van der Waals surface area contributed by atoms with E-state index in [0.717, 1.165) is 6.54 Å². The van der Waals surface area contributed by atoms with Crippen LogP contribution in [-0.2, 0) is 0 Å². The van der Waals surface area contributed by atoms with Crippen molar-refractivity contribution in [3.8, 4) is 0 Å². The third kappa shape index (κ3) is 11.3. The Morgan fingerprint density at radius 2 is 1.60 bits per heavy atom. The monoisotopic (exact) mass is 209 g/mol. The number of allylic oxidation sites excluding steroid dienone is 1. The number of rotatable bonds is 9. The van der Waals surface area contributed by atoms with E-state index in [0.29, 0.717) is 0 Å². The summed E-state index contributed by atoms with van der Waals surface area (Å²) in [5.74, 6) is 0. The maximum atomic E-state index is 4.38. The van der Waals surface area contributed by atoms with Crippen LogP contribution in [0, 0.1) is 0 Å². The molecule has 0 saturated heterocycles. The van der Waals surface area contributed by atoms with Crippen molar-refractivity contribution >= 4 is 5.71 Å². The molecule has 0 N–H and O–H groups in total. The number of hydrogen-bond donors (Lipinski definition) is 0. The van der Waals surface area contributed by atoms with Crippen molar-refractivity contribution in [1.82, 2.24) is 0 Å². The second-order valence-corrected chi connectivity index (χ2v) is 4.49. The van der Waals surface area contributed by atoms with Gasteiger partial charge in [-0.05, 0) is 46.0 Å². The lowest BCUT2D eigenvalue weighted by atomic mass is 10.0. The SMILES string of the molecule is C=C(CCCCC)CCCCN=C(C)C. The predicted molar refractivity (Wildman–Crippen MR) is 70.8 cm³/mol. The lowest BCUT2D eigenvalue weighted by Crippen LogP contribution is -1.89. The van der Waals surface area contributed by atoms with Gasteiger partial charge in [0.15, 0.2) is 0 Å². The zero-order valence-corrected chi connectivity index (χ0v) is 10.8. The molecule has 1 heteroatoms. The van der Waals surface area contributed by atoms with Crippen LogP contribution in [0.3, 0.4) is 0 Å². The maximum Gasteiger partial charge on any atom is 0.0388 e. The summed E-state index contributed by atoms with van der Waals surface area (Å²) in [4.78, 5) is 4.38. The van der Waals surface area contributed by atoms with E-state index in [2.05, 4.69) is 32.3 Å². The first-order valence-electron chi connectivity index (χ1n) is 6.31. The van der Waals surface area contributed by atoms with Gasteiger partial charge in [0.2, 0.25) is 0 Å². The summed E-state index contributed by atoms with van der Waals surface area (Å²) in [6.07, 6.45) is 8.85. The van der Waals surface area contributed by atoms with Crippen molar-refractivity contribution in [1.29, 1.82) is 0 Å². The number of unbranched alkanes of at least 4 members (excludes halogenated alkanes) is 3. The fraction of sp³-hybridized carbons (Fsp3) is 0.786. The molecular weight excluding hydrogens is 182 g/mol. The van der Waals surface area contributed by atoms with Gasteiger partial charge in [-0.3, -0.25) is 4.99 Å². The van der Waals surface area contributed by atoms with Gasteiger partial charge in [0.1, 0.15) is 0 Å². The second-order valence-electron chi connectivity index (χ2n) is 4.49. The molecule has 88 valence electrons. The van der Waals surface area contributed by atoms with E-state index >= 15 is 0 Å². The lowest BCUT2D eigenvalue weighted by Gasteiger charge is -2.04. The highest BCUT2D eigenvalue weighted by molar-refractivity contribution is 5.78. The fourth-order valence-corrected chi connectivity index (χ4v) is 1.54. The van der Waals surface area contributed by atoms with Gasteiger partial charge in [-0.1, -0.05) is 31.9 Å². The Bertz CT molecular complexity index is 188. The fourth-order valence-electron chi connectivity index (χ4n) is 1.54. The molecule has 15 heavy (non-hydrogen) atoms. The summed E-state index contributed by atoms with van der Waals surface area (Å²) in [6.45, 7) is 11.5. The van der Waals surface area contributed by atoms with E-state index < -0.39 is 0 Å². The third-order valence-electron chi connectivity index (χ3n) is 2.50. The Labute approximate surface area is 95.7 Å². The molecule has 0 spiro atoms. The Balaban J connectivity index is 3.28. The normalized spacial score (nSPS) is 10.1. The van der Waals surface area contributed by atoms with Gasteiger partial charge in [0.25, 0.3) is 0 Å². The molecular formula is C14H27N. The molecule has 0 bridgehead atoms. The van der Waals surface area contributed by atoms with Crippen molar-refractivity contribution in [2.24, 2.45) is 4.99 Å². The van der Waals surface area contributed by atoms with Crippen LogP contribution >= 0.6 is 0 Å². The molecule has 0 amide bonds. The van der Waals surface area contributed by atoms with Crippen molar-refractivity contribution in [2.75, 3.05) is 6.54 Å². The minimum atomic E-state index is 0.991. The van der Waals surface area contributed by atoms with E-state index in [-0.39, 0.29) is 0 Å². The third-order valence-corrected chi connectivity index (χ3v) is 2.50. The minimum Gasteiger partial charge on any atom is -0.295 e. The van der Waals surface area contributed by atoms with Crippen molar-refractivity contribution in [3.05, 3.63) is 12.2 Å². The van der Waals surface area contributed by atoms with Gasteiger partial charge < -0.3 is 0 Å². The standard InChI is InChI=1S/C14H27N/c1-5-6-7-10-14(4)11-8-9-12-15-13(2)3/h4-12H2,1-3H3. The molecule has 0 rings (SSSR count). The molecule has 0 saturated carbocycles. The minimum absolute atomic E-state index is 0.991. The molecule has 0 aliphatic rings. The van der Waals surface area contributed by atoms with Gasteiger partial charge in [-0.25, -0.2) is 0 Å². The van der Waals surface area contributed by atoms with E-state index in [1.807, 2.05) is 0 Å². The Morgan fingerprint density at radius 3 is 2.13 bits per heavy atom. The molecule has 0 atom stereocenters. The molecule has 0 radical (unpaired) electrons. The van der Waals surface area contributed by atoms with Gasteiger partial charge in [0, 0.05) is 12.3 Å². The topological polar surface area (TPSA) is 12.4 Å².